The van der Waals surface area contributed by atoms with Crippen molar-refractivity contribution in [1.82, 2.24) is 24.8 Å². The highest BCUT2D eigenvalue weighted by molar-refractivity contribution is 7.14. The van der Waals surface area contributed by atoms with Gasteiger partial charge < -0.3 is 4.90 Å². The Morgan fingerprint density at radius 3 is 2.68 bits per heavy atom. The number of amides is 1. The molecule has 0 spiro atoms. The minimum absolute atomic E-state index is 0.192. The Morgan fingerprint density at radius 1 is 1.25 bits per heavy atom. The molecule has 0 aromatic carbocycles. The van der Waals surface area contributed by atoms with Gasteiger partial charge >= 0.3 is 0 Å². The molecule has 1 atom stereocenters. The molecule has 150 valence electrons. The highest BCUT2D eigenvalue weighted by Crippen LogP contribution is 2.25. The van der Waals surface area contributed by atoms with Crippen molar-refractivity contribution in [1.29, 1.82) is 0 Å². The molecule has 4 rings (SSSR count). The average Bonchev–Trinajstić information content (AvgIpc) is 3.38. The predicted octanol–water partition coefficient (Wildman–Crippen LogP) is 3.16. The van der Waals surface area contributed by atoms with Crippen molar-refractivity contribution < 1.29 is 4.79 Å². The molecule has 2 aliphatic rings. The van der Waals surface area contributed by atoms with Crippen molar-refractivity contribution >= 4 is 17.2 Å². The van der Waals surface area contributed by atoms with Crippen molar-refractivity contribution in [2.45, 2.75) is 46.2 Å². The van der Waals surface area contributed by atoms with Crippen LogP contribution in [0.3, 0.4) is 0 Å². The number of rotatable bonds is 5. The summed E-state index contributed by atoms with van der Waals surface area (Å²) in [5, 5.41) is 8.68. The summed E-state index contributed by atoms with van der Waals surface area (Å²) < 4.78 is 1.99. The van der Waals surface area contributed by atoms with E-state index in [1.165, 1.54) is 16.9 Å². The summed E-state index contributed by atoms with van der Waals surface area (Å²) in [7, 11) is 0. The highest BCUT2D eigenvalue weighted by atomic mass is 32.1. The van der Waals surface area contributed by atoms with Gasteiger partial charge in [-0.15, -0.1) is 16.4 Å². The molecule has 2 aromatic rings. The van der Waals surface area contributed by atoms with E-state index in [2.05, 4.69) is 42.2 Å². The second kappa shape index (κ2) is 8.25. The number of nitrogens with zero attached hydrogens (tertiary/aromatic N) is 5. The first-order valence-electron chi connectivity index (χ1n) is 10.3. The van der Waals surface area contributed by atoms with Gasteiger partial charge in [-0.3, -0.25) is 14.4 Å². The Balaban J connectivity index is 1.26. The Morgan fingerprint density at radius 2 is 2.04 bits per heavy atom. The molecule has 2 saturated heterocycles. The lowest BCUT2D eigenvalue weighted by Crippen LogP contribution is -2.39. The summed E-state index contributed by atoms with van der Waals surface area (Å²) in [4.78, 5) is 19.3. The summed E-state index contributed by atoms with van der Waals surface area (Å²) in [6, 6.07) is 2.03. The zero-order valence-electron chi connectivity index (χ0n) is 16.9. The standard InChI is InChI=1S/C21H30N5OS/c1-15-4-7-24(11-15)13-19-14-26(23-22-19)12-18-5-8-25(9-6-18)21(27)20-10-16(2)17(3)28-20/h10,14-15,18H,1,4-9,11-13H2,2-3H3/q+1/t15-/m1/s1. The smallest absolute Gasteiger partial charge is 0.263 e. The largest absolute Gasteiger partial charge is 0.338 e. The minimum atomic E-state index is 0.192. The lowest BCUT2D eigenvalue weighted by molar-refractivity contribution is 0.0686. The molecule has 2 aromatic heterocycles. The van der Waals surface area contributed by atoms with Crippen LogP contribution in [0.2, 0.25) is 0 Å². The maximum atomic E-state index is 12.7. The van der Waals surface area contributed by atoms with E-state index < -0.39 is 0 Å². The number of thiophene rings is 1. The molecule has 28 heavy (non-hydrogen) atoms. The van der Waals surface area contributed by atoms with E-state index in [9.17, 15) is 4.79 Å². The van der Waals surface area contributed by atoms with Crippen molar-refractivity contribution in [3.05, 3.63) is 40.2 Å². The molecule has 0 radical (unpaired) electrons. The minimum Gasteiger partial charge on any atom is -0.338 e. The number of hydrogen-bond donors (Lipinski definition) is 0. The summed E-state index contributed by atoms with van der Waals surface area (Å²) in [5.41, 5.74) is 2.26. The van der Waals surface area contributed by atoms with Gasteiger partial charge in [0.1, 0.15) is 5.92 Å². The Kier molecular flexibility index (Phi) is 5.73. The first kappa shape index (κ1) is 19.5. The second-order valence-corrected chi connectivity index (χ2v) is 9.66. The zero-order chi connectivity index (χ0) is 19.7. The first-order chi connectivity index (χ1) is 13.5. The number of piperidine rings is 1. The third kappa shape index (κ3) is 4.41. The van der Waals surface area contributed by atoms with Crippen LogP contribution in [0.15, 0.2) is 12.3 Å². The van der Waals surface area contributed by atoms with E-state index in [0.717, 1.165) is 62.7 Å². The SMILES string of the molecule is [CH2+][C@@H]1CCN(Cc2cn(CC3CCN(C(=O)c4cc(C)c(C)s4)CC3)nn2)C1. The van der Waals surface area contributed by atoms with E-state index in [1.807, 2.05) is 15.6 Å². The van der Waals surface area contributed by atoms with Gasteiger partial charge in [-0.1, -0.05) is 5.21 Å². The van der Waals surface area contributed by atoms with Gasteiger partial charge in [-0.25, -0.2) is 0 Å². The van der Waals surface area contributed by atoms with Gasteiger partial charge in [0.15, 0.2) is 0 Å². The monoisotopic (exact) mass is 400 g/mol. The number of likely N-dealkylation sites (tertiary alicyclic amines) is 2. The van der Waals surface area contributed by atoms with E-state index in [1.54, 1.807) is 11.3 Å². The lowest BCUT2D eigenvalue weighted by atomic mass is 9.96. The fourth-order valence-electron chi connectivity index (χ4n) is 4.20. The Bertz CT molecular complexity index is 801. The summed E-state index contributed by atoms with van der Waals surface area (Å²) in [6.07, 6.45) is 5.32. The molecule has 0 aliphatic carbocycles. The first-order valence-corrected chi connectivity index (χ1v) is 11.1. The van der Waals surface area contributed by atoms with Crippen LogP contribution in [0, 0.1) is 32.6 Å². The quantitative estimate of drug-likeness (QED) is 0.724. The Hall–Kier alpha value is -1.86. The fourth-order valence-corrected chi connectivity index (χ4v) is 5.21. The summed E-state index contributed by atoms with van der Waals surface area (Å²) in [6.45, 7) is 13.9. The summed E-state index contributed by atoms with van der Waals surface area (Å²) in [5.74, 6) is 1.29. The number of hydrogen-bond acceptors (Lipinski definition) is 5. The molecule has 7 heteroatoms. The molecule has 2 aliphatic heterocycles. The normalized spacial score (nSPS) is 21.5. The highest BCUT2D eigenvalue weighted by Gasteiger charge is 2.26. The molecule has 1 amide bonds. The third-order valence-corrected chi connectivity index (χ3v) is 7.21. The third-order valence-electron chi connectivity index (χ3n) is 6.07. The van der Waals surface area contributed by atoms with Gasteiger partial charge in [0.25, 0.3) is 5.91 Å². The molecule has 0 bridgehead atoms. The van der Waals surface area contributed by atoms with Crippen LogP contribution in [0.1, 0.15) is 45.1 Å². The van der Waals surface area contributed by atoms with Crippen LogP contribution < -0.4 is 0 Å². The molecule has 0 unspecified atom stereocenters. The van der Waals surface area contributed by atoms with Crippen LogP contribution in [-0.4, -0.2) is 56.9 Å². The Labute approximate surface area is 171 Å². The average molecular weight is 401 g/mol. The maximum Gasteiger partial charge on any atom is 0.263 e. The second-order valence-electron chi connectivity index (χ2n) is 8.41. The maximum absolute atomic E-state index is 12.7. The molecule has 2 fully saturated rings. The molecule has 4 heterocycles. The predicted molar refractivity (Wildman–Crippen MR) is 111 cm³/mol. The topological polar surface area (TPSA) is 54.3 Å². The zero-order valence-corrected chi connectivity index (χ0v) is 17.7. The summed E-state index contributed by atoms with van der Waals surface area (Å²) >= 11 is 1.61. The van der Waals surface area contributed by atoms with Gasteiger partial charge in [-0.05, 0) is 44.2 Å². The van der Waals surface area contributed by atoms with Crippen molar-refractivity contribution in [2.75, 3.05) is 26.2 Å². The number of aromatic nitrogens is 3. The van der Waals surface area contributed by atoms with Crippen LogP contribution in [0.4, 0.5) is 0 Å². The molecule has 6 nitrogen and oxygen atoms in total. The molecule has 0 N–H and O–H groups in total. The van der Waals surface area contributed by atoms with E-state index in [4.69, 9.17) is 0 Å². The van der Waals surface area contributed by atoms with Crippen LogP contribution in [-0.2, 0) is 13.1 Å². The van der Waals surface area contributed by atoms with Crippen LogP contribution >= 0.6 is 11.3 Å². The molecule has 0 saturated carbocycles. The van der Waals surface area contributed by atoms with Gasteiger partial charge in [0, 0.05) is 56.8 Å². The molecular formula is C21H30N5OS+. The molecular weight excluding hydrogens is 370 g/mol. The van der Waals surface area contributed by atoms with Gasteiger partial charge in [0.2, 0.25) is 0 Å². The van der Waals surface area contributed by atoms with Crippen LogP contribution in [0.25, 0.3) is 0 Å². The van der Waals surface area contributed by atoms with Crippen molar-refractivity contribution in [3.63, 3.8) is 0 Å². The number of carbonyl (C=O) groups excluding carboxylic acids is 1. The number of aryl methyl sites for hydroxylation is 2. The van der Waals surface area contributed by atoms with Crippen molar-refractivity contribution in [2.24, 2.45) is 11.8 Å². The van der Waals surface area contributed by atoms with E-state index >= 15 is 0 Å². The van der Waals surface area contributed by atoms with Gasteiger partial charge in [-0.2, -0.15) is 0 Å². The van der Waals surface area contributed by atoms with Crippen LogP contribution in [0.5, 0.6) is 0 Å². The number of carbonyl (C=O) groups is 1. The van der Waals surface area contributed by atoms with E-state index in [-0.39, 0.29) is 5.91 Å². The van der Waals surface area contributed by atoms with E-state index in [0.29, 0.717) is 11.8 Å². The lowest BCUT2D eigenvalue weighted by Gasteiger charge is -2.31. The van der Waals surface area contributed by atoms with Crippen molar-refractivity contribution in [3.8, 4) is 0 Å². The van der Waals surface area contributed by atoms with Gasteiger partial charge in [0.05, 0.1) is 17.5 Å². The fraction of sp³-hybridized carbons (Fsp3) is 0.619.